The molecule has 0 bridgehead atoms. The van der Waals surface area contributed by atoms with Crippen LogP contribution in [0.3, 0.4) is 0 Å². The second kappa shape index (κ2) is 10.9. The number of nitrogens with one attached hydrogen (secondary N) is 1. The molecule has 7 nitrogen and oxygen atoms in total. The second-order valence-corrected chi connectivity index (χ2v) is 9.35. The van der Waals surface area contributed by atoms with Crippen LogP contribution in [0, 0.1) is 0 Å². The molecular weight excluding hydrogens is 390 g/mol. The zero-order valence-electron chi connectivity index (χ0n) is 18.1. The molecule has 1 fully saturated rings. The number of benzene rings is 1. The van der Waals surface area contributed by atoms with Crippen molar-refractivity contribution in [2.24, 2.45) is 0 Å². The van der Waals surface area contributed by atoms with E-state index < -0.39 is 10.0 Å². The third kappa shape index (κ3) is 6.17. The number of anilines is 1. The Morgan fingerprint density at radius 1 is 1.14 bits per heavy atom. The monoisotopic (exact) mass is 425 g/mol. The minimum absolute atomic E-state index is 0.0847. The lowest BCUT2D eigenvalue weighted by Crippen LogP contribution is -2.39. The first-order valence-electron chi connectivity index (χ1n) is 10.6. The molecule has 29 heavy (non-hydrogen) atoms. The molecule has 0 heterocycles. The molecule has 1 aromatic carbocycles. The Kier molecular flexibility index (Phi) is 8.92. The van der Waals surface area contributed by atoms with E-state index in [1.54, 1.807) is 26.0 Å². The molecule has 0 spiro atoms. The molecule has 8 heteroatoms. The summed E-state index contributed by atoms with van der Waals surface area (Å²) in [4.78, 5) is 14.7. The topological polar surface area (TPSA) is 79.0 Å². The van der Waals surface area contributed by atoms with E-state index in [1.165, 1.54) is 29.6 Å². The van der Waals surface area contributed by atoms with Crippen molar-refractivity contribution in [3.63, 3.8) is 0 Å². The molecule has 2 rings (SSSR count). The summed E-state index contributed by atoms with van der Waals surface area (Å²) in [5.74, 6) is 0.158. The van der Waals surface area contributed by atoms with E-state index in [-0.39, 0.29) is 17.3 Å². The normalized spacial score (nSPS) is 15.7. The highest BCUT2D eigenvalue weighted by Gasteiger charge is 2.26. The number of amides is 1. The second-order valence-electron chi connectivity index (χ2n) is 7.44. The van der Waals surface area contributed by atoms with Crippen LogP contribution < -0.4 is 10.1 Å². The van der Waals surface area contributed by atoms with Crippen LogP contribution in [-0.2, 0) is 14.8 Å². The molecule has 1 N–H and O–H groups in total. The lowest BCUT2D eigenvalue weighted by molar-refractivity contribution is -0.117. The van der Waals surface area contributed by atoms with Crippen molar-refractivity contribution in [1.82, 2.24) is 9.21 Å². The van der Waals surface area contributed by atoms with Crippen LogP contribution in [0.15, 0.2) is 23.1 Å². The highest BCUT2D eigenvalue weighted by Crippen LogP contribution is 2.30. The molecule has 0 aromatic heterocycles. The van der Waals surface area contributed by atoms with E-state index in [2.05, 4.69) is 10.2 Å². The molecule has 1 aliphatic rings. The fraction of sp³-hybridized carbons (Fsp3) is 0.667. The van der Waals surface area contributed by atoms with Crippen molar-refractivity contribution >= 4 is 21.6 Å². The van der Waals surface area contributed by atoms with Gasteiger partial charge in [-0.1, -0.05) is 33.1 Å². The molecule has 1 saturated carbocycles. The Morgan fingerprint density at radius 3 is 2.38 bits per heavy atom. The Hall–Kier alpha value is -1.64. The van der Waals surface area contributed by atoms with Gasteiger partial charge < -0.3 is 10.1 Å². The third-order valence-corrected chi connectivity index (χ3v) is 7.51. The molecule has 1 aliphatic carbocycles. The number of hydrogen-bond donors (Lipinski definition) is 1. The largest absolute Gasteiger partial charge is 0.492 e. The number of nitrogens with zero attached hydrogens (tertiary/aromatic N) is 2. The Morgan fingerprint density at radius 2 is 1.79 bits per heavy atom. The SMILES string of the molecule is CCOc1ccc(NC(=O)CN(C)C2CCCCC2)cc1S(=O)(=O)N(CC)CC. The van der Waals surface area contributed by atoms with Crippen LogP contribution >= 0.6 is 0 Å². The zero-order valence-corrected chi connectivity index (χ0v) is 18.9. The van der Waals surface area contributed by atoms with Crippen molar-refractivity contribution < 1.29 is 17.9 Å². The zero-order chi connectivity index (χ0) is 21.4. The molecule has 0 saturated heterocycles. The van der Waals surface area contributed by atoms with Crippen LogP contribution in [0.5, 0.6) is 5.75 Å². The number of ether oxygens (including phenoxy) is 1. The van der Waals surface area contributed by atoms with E-state index in [0.29, 0.717) is 37.2 Å². The minimum atomic E-state index is -3.71. The van der Waals surface area contributed by atoms with E-state index in [0.717, 1.165) is 12.8 Å². The smallest absolute Gasteiger partial charge is 0.246 e. The van der Waals surface area contributed by atoms with Gasteiger partial charge in [-0.15, -0.1) is 0 Å². The molecule has 0 atom stereocenters. The standard InChI is InChI=1S/C21H35N3O4S/c1-5-24(6-2)29(26,27)20-15-17(13-14-19(20)28-7-3)22-21(25)16-23(4)18-11-9-8-10-12-18/h13-15,18H,5-12,16H2,1-4H3,(H,22,25). The quantitative estimate of drug-likeness (QED) is 0.622. The van der Waals surface area contributed by atoms with Gasteiger partial charge in [-0.2, -0.15) is 4.31 Å². The van der Waals surface area contributed by atoms with Gasteiger partial charge >= 0.3 is 0 Å². The lowest BCUT2D eigenvalue weighted by Gasteiger charge is -2.30. The summed E-state index contributed by atoms with van der Waals surface area (Å²) in [7, 11) is -1.73. The molecule has 0 radical (unpaired) electrons. The van der Waals surface area contributed by atoms with Gasteiger partial charge in [-0.3, -0.25) is 9.69 Å². The maximum atomic E-state index is 13.0. The molecule has 1 amide bonds. The van der Waals surface area contributed by atoms with Gasteiger partial charge in [0, 0.05) is 24.8 Å². The van der Waals surface area contributed by atoms with Crippen LogP contribution in [0.25, 0.3) is 0 Å². The number of rotatable bonds is 10. The van der Waals surface area contributed by atoms with Crippen molar-refractivity contribution in [1.29, 1.82) is 0 Å². The van der Waals surface area contributed by atoms with Gasteiger partial charge in [-0.05, 0) is 45.0 Å². The molecule has 164 valence electrons. The number of hydrogen-bond acceptors (Lipinski definition) is 5. The summed E-state index contributed by atoms with van der Waals surface area (Å²) >= 11 is 0. The fourth-order valence-corrected chi connectivity index (χ4v) is 5.46. The highest BCUT2D eigenvalue weighted by atomic mass is 32.2. The van der Waals surface area contributed by atoms with Crippen molar-refractivity contribution in [3.05, 3.63) is 18.2 Å². The maximum absolute atomic E-state index is 13.0. The number of sulfonamides is 1. The fourth-order valence-electron chi connectivity index (χ4n) is 3.84. The summed E-state index contributed by atoms with van der Waals surface area (Å²) in [6.07, 6.45) is 5.94. The molecule has 1 aromatic rings. The predicted molar refractivity (Wildman–Crippen MR) is 116 cm³/mol. The van der Waals surface area contributed by atoms with Crippen LogP contribution in [-0.4, -0.2) is 62.9 Å². The number of carbonyl (C=O) groups is 1. The Balaban J connectivity index is 2.17. The summed E-state index contributed by atoms with van der Waals surface area (Å²) in [5.41, 5.74) is 0.459. The first-order valence-corrected chi connectivity index (χ1v) is 12.0. The van der Waals surface area contributed by atoms with Gasteiger partial charge in [0.05, 0.1) is 13.2 Å². The van der Waals surface area contributed by atoms with Crippen molar-refractivity contribution in [2.45, 2.75) is 63.8 Å². The highest BCUT2D eigenvalue weighted by molar-refractivity contribution is 7.89. The van der Waals surface area contributed by atoms with Gasteiger partial charge in [0.25, 0.3) is 0 Å². The average Bonchev–Trinajstić information content (AvgIpc) is 2.70. The average molecular weight is 426 g/mol. The van der Waals surface area contributed by atoms with Gasteiger partial charge in [0.1, 0.15) is 10.6 Å². The van der Waals surface area contributed by atoms with E-state index in [9.17, 15) is 13.2 Å². The molecular formula is C21H35N3O4S. The summed E-state index contributed by atoms with van der Waals surface area (Å²) < 4.78 is 33.0. The number of carbonyl (C=O) groups excluding carboxylic acids is 1. The van der Waals surface area contributed by atoms with Crippen molar-refractivity contribution in [3.8, 4) is 5.75 Å². The van der Waals surface area contributed by atoms with E-state index >= 15 is 0 Å². The van der Waals surface area contributed by atoms with E-state index in [4.69, 9.17) is 4.74 Å². The third-order valence-electron chi connectivity index (χ3n) is 5.44. The number of likely N-dealkylation sites (N-methyl/N-ethyl adjacent to an activating group) is 1. The minimum Gasteiger partial charge on any atom is -0.492 e. The first-order chi connectivity index (χ1) is 13.8. The Bertz CT molecular complexity index is 772. The molecule has 0 unspecified atom stereocenters. The van der Waals surface area contributed by atoms with Crippen LogP contribution in [0.2, 0.25) is 0 Å². The van der Waals surface area contributed by atoms with Gasteiger partial charge in [0.2, 0.25) is 15.9 Å². The van der Waals surface area contributed by atoms with Crippen LogP contribution in [0.4, 0.5) is 5.69 Å². The molecule has 0 aliphatic heterocycles. The Labute approximate surface area is 175 Å². The maximum Gasteiger partial charge on any atom is 0.246 e. The first kappa shape index (κ1) is 23.6. The van der Waals surface area contributed by atoms with Crippen molar-refractivity contribution in [2.75, 3.05) is 38.6 Å². The summed E-state index contributed by atoms with van der Waals surface area (Å²) in [6, 6.07) is 5.23. The predicted octanol–water partition coefficient (Wildman–Crippen LogP) is 3.32. The summed E-state index contributed by atoms with van der Waals surface area (Å²) in [6.45, 7) is 6.79. The van der Waals surface area contributed by atoms with Gasteiger partial charge in [0.15, 0.2) is 0 Å². The summed E-state index contributed by atoms with van der Waals surface area (Å²) in [5, 5.41) is 2.85. The van der Waals surface area contributed by atoms with E-state index in [1.807, 2.05) is 14.0 Å². The van der Waals surface area contributed by atoms with Crippen LogP contribution in [0.1, 0.15) is 52.9 Å². The van der Waals surface area contributed by atoms with Gasteiger partial charge in [-0.25, -0.2) is 8.42 Å². The lowest BCUT2D eigenvalue weighted by atomic mass is 9.94.